The molecule has 6 nitrogen and oxygen atoms in total. The summed E-state index contributed by atoms with van der Waals surface area (Å²) in [5, 5.41) is 11.7. The standard InChI is InChI=1S/C19H21ClN4O2/c1-4-18-22-23-19(26-18)15-9-12(2)24(13(15)3)11-17(25)21-10-14-7-5-6-8-16(14)20/h5-9H,4,10-11H2,1-3H3,(H,21,25). The van der Waals surface area contributed by atoms with Crippen molar-refractivity contribution >= 4 is 17.5 Å². The molecule has 1 amide bonds. The first-order chi connectivity index (χ1) is 12.5. The minimum Gasteiger partial charge on any atom is -0.421 e. The topological polar surface area (TPSA) is 73.0 Å². The van der Waals surface area contributed by atoms with Gasteiger partial charge in [0.15, 0.2) is 0 Å². The number of amides is 1. The molecule has 2 heterocycles. The van der Waals surface area contributed by atoms with Crippen LogP contribution in [0.4, 0.5) is 0 Å². The summed E-state index contributed by atoms with van der Waals surface area (Å²) in [6.45, 7) is 6.48. The van der Waals surface area contributed by atoms with Crippen LogP contribution in [0.3, 0.4) is 0 Å². The first kappa shape index (κ1) is 18.2. The van der Waals surface area contributed by atoms with Crippen LogP contribution in [0.15, 0.2) is 34.7 Å². The van der Waals surface area contributed by atoms with Crippen LogP contribution in [0.5, 0.6) is 0 Å². The minimum atomic E-state index is -0.0851. The molecule has 3 aromatic rings. The van der Waals surface area contributed by atoms with Crippen molar-refractivity contribution in [1.29, 1.82) is 0 Å². The Morgan fingerprint density at radius 3 is 2.73 bits per heavy atom. The normalized spacial score (nSPS) is 10.9. The summed E-state index contributed by atoms with van der Waals surface area (Å²) in [5.41, 5.74) is 3.62. The van der Waals surface area contributed by atoms with Gasteiger partial charge in [-0.25, -0.2) is 0 Å². The van der Waals surface area contributed by atoms with E-state index >= 15 is 0 Å². The van der Waals surface area contributed by atoms with Crippen molar-refractivity contribution in [2.45, 2.75) is 40.3 Å². The molecule has 0 fully saturated rings. The van der Waals surface area contributed by atoms with Gasteiger partial charge in [-0.1, -0.05) is 36.7 Å². The first-order valence-electron chi connectivity index (χ1n) is 8.49. The average molecular weight is 373 g/mol. The van der Waals surface area contributed by atoms with Gasteiger partial charge in [0.05, 0.1) is 5.56 Å². The van der Waals surface area contributed by atoms with E-state index < -0.39 is 0 Å². The number of carbonyl (C=O) groups excluding carboxylic acids is 1. The third-order valence-electron chi connectivity index (χ3n) is 4.31. The van der Waals surface area contributed by atoms with Crippen LogP contribution in [0, 0.1) is 13.8 Å². The number of rotatable bonds is 6. The highest BCUT2D eigenvalue weighted by molar-refractivity contribution is 6.31. The number of aromatic nitrogens is 3. The molecule has 0 atom stereocenters. The van der Waals surface area contributed by atoms with Crippen molar-refractivity contribution < 1.29 is 9.21 Å². The lowest BCUT2D eigenvalue weighted by molar-refractivity contribution is -0.121. The quantitative estimate of drug-likeness (QED) is 0.716. The molecule has 0 aliphatic heterocycles. The molecule has 1 N–H and O–H groups in total. The highest BCUT2D eigenvalue weighted by atomic mass is 35.5. The Morgan fingerprint density at radius 1 is 1.27 bits per heavy atom. The number of benzene rings is 1. The van der Waals surface area contributed by atoms with Crippen LogP contribution in [0.1, 0.15) is 29.8 Å². The number of aryl methyl sites for hydroxylation is 2. The second-order valence-corrected chi connectivity index (χ2v) is 6.50. The lowest BCUT2D eigenvalue weighted by Gasteiger charge is -2.11. The van der Waals surface area contributed by atoms with Gasteiger partial charge in [-0.15, -0.1) is 10.2 Å². The second-order valence-electron chi connectivity index (χ2n) is 6.09. The summed E-state index contributed by atoms with van der Waals surface area (Å²) in [5.74, 6) is 0.998. The van der Waals surface area contributed by atoms with Crippen molar-refractivity contribution in [3.63, 3.8) is 0 Å². The molecule has 2 aromatic heterocycles. The molecular weight excluding hydrogens is 352 g/mol. The van der Waals surface area contributed by atoms with Gasteiger partial charge in [-0.05, 0) is 31.5 Å². The van der Waals surface area contributed by atoms with Gasteiger partial charge in [0.1, 0.15) is 6.54 Å². The Hall–Kier alpha value is -2.60. The van der Waals surface area contributed by atoms with E-state index in [9.17, 15) is 4.79 Å². The van der Waals surface area contributed by atoms with Gasteiger partial charge in [-0.2, -0.15) is 0 Å². The number of halogens is 1. The van der Waals surface area contributed by atoms with Crippen molar-refractivity contribution in [2.75, 3.05) is 0 Å². The predicted molar refractivity (Wildman–Crippen MR) is 99.9 cm³/mol. The molecule has 0 spiro atoms. The highest BCUT2D eigenvalue weighted by Gasteiger charge is 2.17. The molecule has 0 unspecified atom stereocenters. The molecule has 0 aliphatic rings. The fourth-order valence-electron chi connectivity index (χ4n) is 2.80. The molecular formula is C19H21ClN4O2. The van der Waals surface area contributed by atoms with Gasteiger partial charge in [0.25, 0.3) is 0 Å². The van der Waals surface area contributed by atoms with Gasteiger partial charge < -0.3 is 14.3 Å². The van der Waals surface area contributed by atoms with Gasteiger partial charge >= 0.3 is 0 Å². The highest BCUT2D eigenvalue weighted by Crippen LogP contribution is 2.26. The number of carbonyl (C=O) groups is 1. The Kier molecular flexibility index (Phi) is 5.42. The molecule has 26 heavy (non-hydrogen) atoms. The maximum atomic E-state index is 12.4. The van der Waals surface area contributed by atoms with E-state index in [-0.39, 0.29) is 12.5 Å². The molecule has 0 bridgehead atoms. The second kappa shape index (κ2) is 7.74. The Balaban J connectivity index is 1.71. The van der Waals surface area contributed by atoms with Crippen molar-refractivity contribution in [3.8, 4) is 11.5 Å². The van der Waals surface area contributed by atoms with Crippen LogP contribution in [-0.4, -0.2) is 20.7 Å². The SMILES string of the molecule is CCc1nnc(-c2cc(C)n(CC(=O)NCc3ccccc3Cl)c2C)o1. The van der Waals surface area contributed by atoms with E-state index in [0.717, 1.165) is 22.5 Å². The van der Waals surface area contributed by atoms with E-state index in [2.05, 4.69) is 15.5 Å². The van der Waals surface area contributed by atoms with E-state index in [1.165, 1.54) is 0 Å². The van der Waals surface area contributed by atoms with Crippen LogP contribution in [0.2, 0.25) is 5.02 Å². The van der Waals surface area contributed by atoms with E-state index in [1.807, 2.05) is 55.7 Å². The molecule has 0 radical (unpaired) electrons. The smallest absolute Gasteiger partial charge is 0.249 e. The minimum absolute atomic E-state index is 0.0851. The fraction of sp³-hybridized carbons (Fsp3) is 0.316. The number of hydrogen-bond acceptors (Lipinski definition) is 4. The number of hydrogen-bond donors (Lipinski definition) is 1. The summed E-state index contributed by atoms with van der Waals surface area (Å²) in [6, 6.07) is 9.43. The summed E-state index contributed by atoms with van der Waals surface area (Å²) < 4.78 is 7.58. The zero-order valence-electron chi connectivity index (χ0n) is 15.0. The van der Waals surface area contributed by atoms with Crippen LogP contribution in [-0.2, 0) is 24.3 Å². The molecule has 0 saturated heterocycles. The van der Waals surface area contributed by atoms with Crippen LogP contribution < -0.4 is 5.32 Å². The average Bonchev–Trinajstić information content (AvgIpc) is 3.21. The third kappa shape index (κ3) is 3.80. The lowest BCUT2D eigenvalue weighted by atomic mass is 10.2. The molecule has 0 saturated carbocycles. The third-order valence-corrected chi connectivity index (χ3v) is 4.68. The lowest BCUT2D eigenvalue weighted by Crippen LogP contribution is -2.28. The van der Waals surface area contributed by atoms with Crippen LogP contribution >= 0.6 is 11.6 Å². The Morgan fingerprint density at radius 2 is 2.04 bits per heavy atom. The Bertz CT molecular complexity index is 930. The molecule has 1 aromatic carbocycles. The first-order valence-corrected chi connectivity index (χ1v) is 8.87. The molecule has 136 valence electrons. The number of nitrogens with zero attached hydrogens (tertiary/aromatic N) is 3. The van der Waals surface area contributed by atoms with Crippen molar-refractivity contribution in [3.05, 3.63) is 58.2 Å². The molecule has 3 rings (SSSR count). The summed E-state index contributed by atoms with van der Waals surface area (Å²) in [6.07, 6.45) is 0.691. The monoisotopic (exact) mass is 372 g/mol. The number of nitrogens with one attached hydrogen (secondary N) is 1. The van der Waals surface area contributed by atoms with Crippen molar-refractivity contribution in [1.82, 2.24) is 20.1 Å². The maximum absolute atomic E-state index is 12.4. The zero-order valence-corrected chi connectivity index (χ0v) is 15.8. The van der Waals surface area contributed by atoms with E-state index in [4.69, 9.17) is 16.0 Å². The van der Waals surface area contributed by atoms with Gasteiger partial charge in [0.2, 0.25) is 17.7 Å². The van der Waals surface area contributed by atoms with Gasteiger partial charge in [0, 0.05) is 29.4 Å². The summed E-state index contributed by atoms with van der Waals surface area (Å²) in [4.78, 5) is 12.4. The predicted octanol–water partition coefficient (Wildman–Crippen LogP) is 3.69. The van der Waals surface area contributed by atoms with Crippen molar-refractivity contribution in [2.24, 2.45) is 0 Å². The van der Waals surface area contributed by atoms with Crippen LogP contribution in [0.25, 0.3) is 11.5 Å². The van der Waals surface area contributed by atoms with Gasteiger partial charge in [-0.3, -0.25) is 4.79 Å². The summed E-state index contributed by atoms with van der Waals surface area (Å²) in [7, 11) is 0. The Labute approximate surface area is 157 Å². The molecule has 0 aliphatic carbocycles. The van der Waals surface area contributed by atoms with E-state index in [1.54, 1.807) is 0 Å². The maximum Gasteiger partial charge on any atom is 0.249 e. The van der Waals surface area contributed by atoms with E-state index in [0.29, 0.717) is 29.8 Å². The summed E-state index contributed by atoms with van der Waals surface area (Å²) >= 11 is 6.12. The largest absolute Gasteiger partial charge is 0.421 e. The molecule has 7 heteroatoms. The zero-order chi connectivity index (χ0) is 18.7. The fourth-order valence-corrected chi connectivity index (χ4v) is 3.00.